The molecule has 2 rings (SSSR count). The average Bonchev–Trinajstić information content (AvgIpc) is 2.86. The van der Waals surface area contributed by atoms with Crippen molar-refractivity contribution in [3.63, 3.8) is 0 Å². The molecule has 0 saturated heterocycles. The highest BCUT2D eigenvalue weighted by molar-refractivity contribution is 5.77. The first-order valence-electron chi connectivity index (χ1n) is 7.32. The van der Waals surface area contributed by atoms with Crippen LogP contribution in [-0.4, -0.2) is 0 Å². The van der Waals surface area contributed by atoms with Gasteiger partial charge in [-0.05, 0) is 42.4 Å². The SMILES string of the molecule is CCCCc1ccc(C2=CCC(CCC)=C2)cc1. The van der Waals surface area contributed by atoms with E-state index in [9.17, 15) is 0 Å². The van der Waals surface area contributed by atoms with Gasteiger partial charge in [-0.1, -0.05) is 68.7 Å². The number of rotatable bonds is 6. The lowest BCUT2D eigenvalue weighted by Gasteiger charge is -2.03. The first-order valence-corrected chi connectivity index (χ1v) is 7.32. The summed E-state index contributed by atoms with van der Waals surface area (Å²) in [5.41, 5.74) is 5.85. The van der Waals surface area contributed by atoms with Gasteiger partial charge in [0.2, 0.25) is 0 Å². The predicted octanol–water partition coefficient (Wildman–Crippen LogP) is 5.54. The molecule has 0 heterocycles. The molecule has 0 unspecified atom stereocenters. The molecule has 0 fully saturated rings. The Labute approximate surface area is 111 Å². The van der Waals surface area contributed by atoms with E-state index in [1.54, 1.807) is 5.57 Å². The second kappa shape index (κ2) is 6.58. The Morgan fingerprint density at radius 1 is 0.944 bits per heavy atom. The second-order valence-corrected chi connectivity index (χ2v) is 5.22. The van der Waals surface area contributed by atoms with Gasteiger partial charge in [0, 0.05) is 0 Å². The second-order valence-electron chi connectivity index (χ2n) is 5.22. The van der Waals surface area contributed by atoms with Gasteiger partial charge in [0.15, 0.2) is 0 Å². The maximum absolute atomic E-state index is 2.38. The zero-order valence-electron chi connectivity index (χ0n) is 11.7. The molecule has 18 heavy (non-hydrogen) atoms. The van der Waals surface area contributed by atoms with E-state index >= 15 is 0 Å². The van der Waals surface area contributed by atoms with Crippen molar-refractivity contribution in [3.05, 3.63) is 53.1 Å². The minimum atomic E-state index is 1.15. The summed E-state index contributed by atoms with van der Waals surface area (Å²) in [6, 6.07) is 9.14. The first kappa shape index (κ1) is 13.1. The molecular weight excluding hydrogens is 216 g/mol. The molecule has 0 spiro atoms. The van der Waals surface area contributed by atoms with Gasteiger partial charge < -0.3 is 0 Å². The number of hydrogen-bond donors (Lipinski definition) is 0. The van der Waals surface area contributed by atoms with E-state index < -0.39 is 0 Å². The summed E-state index contributed by atoms with van der Waals surface area (Å²) in [5, 5.41) is 0. The molecule has 1 aliphatic carbocycles. The number of aryl methyl sites for hydroxylation is 1. The van der Waals surface area contributed by atoms with Crippen molar-refractivity contribution >= 4 is 5.57 Å². The summed E-state index contributed by atoms with van der Waals surface area (Å²) < 4.78 is 0. The summed E-state index contributed by atoms with van der Waals surface area (Å²) in [7, 11) is 0. The van der Waals surface area contributed by atoms with Gasteiger partial charge in [-0.2, -0.15) is 0 Å². The van der Waals surface area contributed by atoms with Crippen LogP contribution >= 0.6 is 0 Å². The van der Waals surface area contributed by atoms with E-state index in [2.05, 4.69) is 50.3 Å². The van der Waals surface area contributed by atoms with Crippen LogP contribution in [0.5, 0.6) is 0 Å². The molecule has 1 aromatic rings. The predicted molar refractivity (Wildman–Crippen MR) is 80.6 cm³/mol. The van der Waals surface area contributed by atoms with Gasteiger partial charge in [0.25, 0.3) is 0 Å². The topological polar surface area (TPSA) is 0 Å². The van der Waals surface area contributed by atoms with Crippen LogP contribution < -0.4 is 0 Å². The van der Waals surface area contributed by atoms with E-state index in [1.165, 1.54) is 48.8 Å². The maximum atomic E-state index is 2.38. The van der Waals surface area contributed by atoms with Crippen LogP contribution in [-0.2, 0) is 6.42 Å². The van der Waals surface area contributed by atoms with Gasteiger partial charge in [-0.3, -0.25) is 0 Å². The normalized spacial score (nSPS) is 14.6. The van der Waals surface area contributed by atoms with Crippen molar-refractivity contribution in [1.29, 1.82) is 0 Å². The summed E-state index contributed by atoms with van der Waals surface area (Å²) in [5.74, 6) is 0. The standard InChI is InChI=1S/C18H24/c1-3-5-7-15-8-11-17(12-9-15)18-13-10-16(14-18)6-4-2/h8-9,11-14H,3-7,10H2,1-2H3. The summed E-state index contributed by atoms with van der Waals surface area (Å²) in [4.78, 5) is 0. The molecule has 0 N–H and O–H groups in total. The Kier molecular flexibility index (Phi) is 4.81. The Hall–Kier alpha value is -1.30. The third kappa shape index (κ3) is 3.35. The van der Waals surface area contributed by atoms with Crippen molar-refractivity contribution in [3.8, 4) is 0 Å². The van der Waals surface area contributed by atoms with E-state index in [1.807, 2.05) is 0 Å². The lowest BCUT2D eigenvalue weighted by molar-refractivity contribution is 0.795. The lowest BCUT2D eigenvalue weighted by Crippen LogP contribution is -1.86. The van der Waals surface area contributed by atoms with Crippen LogP contribution in [0.3, 0.4) is 0 Å². The molecule has 0 nitrogen and oxygen atoms in total. The Balaban J connectivity index is 2.02. The van der Waals surface area contributed by atoms with Gasteiger partial charge in [-0.15, -0.1) is 0 Å². The van der Waals surface area contributed by atoms with Crippen molar-refractivity contribution < 1.29 is 0 Å². The third-order valence-electron chi connectivity index (χ3n) is 3.62. The van der Waals surface area contributed by atoms with E-state index in [-0.39, 0.29) is 0 Å². The van der Waals surface area contributed by atoms with E-state index in [0.29, 0.717) is 0 Å². The third-order valence-corrected chi connectivity index (χ3v) is 3.62. The summed E-state index contributed by atoms with van der Waals surface area (Å²) in [6.07, 6.45) is 12.2. The fourth-order valence-corrected chi connectivity index (χ4v) is 2.52. The number of allylic oxidation sites excluding steroid dienone is 4. The molecule has 0 aliphatic heterocycles. The largest absolute Gasteiger partial charge is 0.0726 e. The van der Waals surface area contributed by atoms with Crippen molar-refractivity contribution in [2.45, 2.75) is 52.4 Å². The monoisotopic (exact) mass is 240 g/mol. The molecule has 1 aromatic carbocycles. The molecule has 0 saturated carbocycles. The zero-order chi connectivity index (χ0) is 12.8. The maximum Gasteiger partial charge on any atom is -0.0126 e. The van der Waals surface area contributed by atoms with Crippen LogP contribution in [0, 0.1) is 0 Å². The van der Waals surface area contributed by atoms with Crippen LogP contribution in [0.2, 0.25) is 0 Å². The van der Waals surface area contributed by atoms with Crippen LogP contribution in [0.1, 0.15) is 57.1 Å². The molecule has 96 valence electrons. The summed E-state index contributed by atoms with van der Waals surface area (Å²) >= 11 is 0. The molecule has 0 aromatic heterocycles. The van der Waals surface area contributed by atoms with Crippen LogP contribution in [0.15, 0.2) is 42.0 Å². The van der Waals surface area contributed by atoms with Crippen molar-refractivity contribution in [2.24, 2.45) is 0 Å². The first-order chi connectivity index (χ1) is 8.83. The van der Waals surface area contributed by atoms with Gasteiger partial charge >= 0.3 is 0 Å². The highest BCUT2D eigenvalue weighted by atomic mass is 14.1. The molecule has 0 heteroatoms. The molecule has 0 bridgehead atoms. The van der Waals surface area contributed by atoms with E-state index in [0.717, 1.165) is 6.42 Å². The number of unbranched alkanes of at least 4 members (excludes halogenated alkanes) is 1. The van der Waals surface area contributed by atoms with Crippen molar-refractivity contribution in [2.75, 3.05) is 0 Å². The van der Waals surface area contributed by atoms with Crippen molar-refractivity contribution in [1.82, 2.24) is 0 Å². The summed E-state index contributed by atoms with van der Waals surface area (Å²) in [6.45, 7) is 4.50. The van der Waals surface area contributed by atoms with Gasteiger partial charge in [-0.25, -0.2) is 0 Å². The highest BCUT2D eigenvalue weighted by Gasteiger charge is 2.07. The Morgan fingerprint density at radius 2 is 1.72 bits per heavy atom. The molecule has 1 aliphatic rings. The Morgan fingerprint density at radius 3 is 2.39 bits per heavy atom. The van der Waals surface area contributed by atoms with Gasteiger partial charge in [0.1, 0.15) is 0 Å². The molecule has 0 radical (unpaired) electrons. The number of benzene rings is 1. The highest BCUT2D eigenvalue weighted by Crippen LogP contribution is 2.28. The van der Waals surface area contributed by atoms with Crippen LogP contribution in [0.25, 0.3) is 5.57 Å². The molecule has 0 atom stereocenters. The minimum Gasteiger partial charge on any atom is -0.0726 e. The fourth-order valence-electron chi connectivity index (χ4n) is 2.52. The lowest BCUT2D eigenvalue weighted by atomic mass is 10.0. The Bertz CT molecular complexity index is 432. The number of hydrogen-bond acceptors (Lipinski definition) is 0. The quantitative estimate of drug-likeness (QED) is 0.612. The minimum absolute atomic E-state index is 1.15. The smallest absolute Gasteiger partial charge is 0.0126 e. The zero-order valence-corrected chi connectivity index (χ0v) is 11.7. The van der Waals surface area contributed by atoms with Gasteiger partial charge in [0.05, 0.1) is 0 Å². The van der Waals surface area contributed by atoms with Crippen LogP contribution in [0.4, 0.5) is 0 Å². The fraction of sp³-hybridized carbons (Fsp3) is 0.444. The molecular formula is C18H24. The average molecular weight is 240 g/mol. The molecule has 0 amide bonds. The van der Waals surface area contributed by atoms with E-state index in [4.69, 9.17) is 0 Å².